The van der Waals surface area contributed by atoms with Crippen molar-refractivity contribution < 1.29 is 4.79 Å². The largest absolute Gasteiger partial charge is 0.292 e. The van der Waals surface area contributed by atoms with Gasteiger partial charge in [-0.3, -0.25) is 14.9 Å². The zero-order valence-electron chi connectivity index (χ0n) is 7.77. The van der Waals surface area contributed by atoms with Crippen molar-refractivity contribution in [3.8, 4) is 0 Å². The molecule has 5 nitrogen and oxygen atoms in total. The van der Waals surface area contributed by atoms with Gasteiger partial charge in [-0.2, -0.15) is 5.10 Å². The number of carbonyl (C=O) groups excluding carboxylic acids is 1. The fourth-order valence-electron chi connectivity index (χ4n) is 1.26. The van der Waals surface area contributed by atoms with Crippen molar-refractivity contribution in [1.82, 2.24) is 15.2 Å². The van der Waals surface area contributed by atoms with Crippen LogP contribution >= 0.6 is 0 Å². The highest BCUT2D eigenvalue weighted by atomic mass is 16.2. The van der Waals surface area contributed by atoms with Gasteiger partial charge in [0, 0.05) is 12.4 Å². The summed E-state index contributed by atoms with van der Waals surface area (Å²) in [5, 5.41) is 4.01. The van der Waals surface area contributed by atoms with Gasteiger partial charge in [0.25, 0.3) is 5.91 Å². The van der Waals surface area contributed by atoms with Gasteiger partial charge < -0.3 is 0 Å². The Labute approximate surface area is 76.9 Å². The number of aromatic nitrogens is 2. The summed E-state index contributed by atoms with van der Waals surface area (Å²) in [6.45, 7) is 3.89. The van der Waals surface area contributed by atoms with Crippen LogP contribution in [0.15, 0.2) is 18.5 Å². The number of hydrogen-bond donors (Lipinski definition) is 2. The lowest BCUT2D eigenvalue weighted by Gasteiger charge is -2.18. The van der Waals surface area contributed by atoms with Crippen LogP contribution in [-0.4, -0.2) is 15.7 Å². The second-order valence-electron chi connectivity index (χ2n) is 3.18. The molecular formula is C8H14N4O. The summed E-state index contributed by atoms with van der Waals surface area (Å²) in [6, 6.07) is 1.44. The standard InChI is InChI=1S/C8H14N4O/c1-6(2)7(8(13)11-9)12-5-3-4-10-12/h3-7H,9H2,1-2H3,(H,11,13). The van der Waals surface area contributed by atoms with Gasteiger partial charge in [0.2, 0.25) is 0 Å². The van der Waals surface area contributed by atoms with E-state index in [4.69, 9.17) is 5.84 Å². The topological polar surface area (TPSA) is 72.9 Å². The quantitative estimate of drug-likeness (QED) is 0.394. The molecule has 0 aromatic carbocycles. The normalized spacial score (nSPS) is 12.9. The molecule has 1 unspecified atom stereocenters. The number of nitrogens with zero attached hydrogens (tertiary/aromatic N) is 2. The highest BCUT2D eigenvalue weighted by Gasteiger charge is 2.23. The van der Waals surface area contributed by atoms with E-state index in [-0.39, 0.29) is 17.9 Å². The van der Waals surface area contributed by atoms with Crippen LogP contribution in [0.1, 0.15) is 19.9 Å². The van der Waals surface area contributed by atoms with Gasteiger partial charge >= 0.3 is 0 Å². The fraction of sp³-hybridized carbons (Fsp3) is 0.500. The van der Waals surface area contributed by atoms with E-state index in [9.17, 15) is 4.79 Å². The third-order valence-electron chi connectivity index (χ3n) is 1.85. The van der Waals surface area contributed by atoms with E-state index in [1.54, 1.807) is 23.1 Å². The van der Waals surface area contributed by atoms with Crippen molar-refractivity contribution in [2.24, 2.45) is 11.8 Å². The monoisotopic (exact) mass is 182 g/mol. The average Bonchev–Trinajstić information content (AvgIpc) is 2.56. The molecule has 0 bridgehead atoms. The molecule has 0 spiro atoms. The molecule has 0 aliphatic carbocycles. The third-order valence-corrected chi connectivity index (χ3v) is 1.85. The van der Waals surface area contributed by atoms with Crippen LogP contribution in [0.25, 0.3) is 0 Å². The number of rotatable bonds is 3. The SMILES string of the molecule is CC(C)C(C(=O)NN)n1cccn1. The van der Waals surface area contributed by atoms with E-state index in [0.29, 0.717) is 0 Å². The van der Waals surface area contributed by atoms with E-state index in [2.05, 4.69) is 10.5 Å². The number of nitrogens with two attached hydrogens (primary N) is 1. The average molecular weight is 182 g/mol. The van der Waals surface area contributed by atoms with Crippen LogP contribution < -0.4 is 11.3 Å². The van der Waals surface area contributed by atoms with Gasteiger partial charge in [-0.1, -0.05) is 13.8 Å². The number of amides is 1. The number of nitrogens with one attached hydrogen (secondary N) is 1. The molecular weight excluding hydrogens is 168 g/mol. The van der Waals surface area contributed by atoms with Gasteiger partial charge in [0.1, 0.15) is 6.04 Å². The maximum atomic E-state index is 11.4. The Bertz CT molecular complexity index is 268. The highest BCUT2D eigenvalue weighted by molar-refractivity contribution is 5.79. The van der Waals surface area contributed by atoms with Crippen LogP contribution in [0.2, 0.25) is 0 Å². The molecule has 1 amide bonds. The first-order valence-corrected chi connectivity index (χ1v) is 4.16. The van der Waals surface area contributed by atoms with E-state index in [0.717, 1.165) is 0 Å². The molecule has 0 aliphatic heterocycles. The van der Waals surface area contributed by atoms with Gasteiger partial charge in [-0.15, -0.1) is 0 Å². The van der Waals surface area contributed by atoms with Crippen LogP contribution in [-0.2, 0) is 4.79 Å². The maximum absolute atomic E-state index is 11.4. The molecule has 3 N–H and O–H groups in total. The minimum absolute atomic E-state index is 0.156. The summed E-state index contributed by atoms with van der Waals surface area (Å²) in [7, 11) is 0. The molecule has 5 heteroatoms. The van der Waals surface area contributed by atoms with Crippen molar-refractivity contribution in [1.29, 1.82) is 0 Å². The van der Waals surface area contributed by atoms with Gasteiger partial charge in [0.15, 0.2) is 0 Å². The zero-order valence-corrected chi connectivity index (χ0v) is 7.77. The van der Waals surface area contributed by atoms with Crippen LogP contribution in [0.4, 0.5) is 0 Å². The molecule has 0 saturated carbocycles. The predicted octanol–water partition coefficient (Wildman–Crippen LogP) is 0.0701. The van der Waals surface area contributed by atoms with E-state index < -0.39 is 0 Å². The first-order chi connectivity index (χ1) is 6.16. The summed E-state index contributed by atoms with van der Waals surface area (Å²) in [4.78, 5) is 11.4. The van der Waals surface area contributed by atoms with Crippen molar-refractivity contribution in [3.05, 3.63) is 18.5 Å². The van der Waals surface area contributed by atoms with E-state index in [1.807, 2.05) is 13.8 Å². The molecule has 1 atom stereocenters. The summed E-state index contributed by atoms with van der Waals surface area (Å²) in [6.07, 6.45) is 3.39. The Hall–Kier alpha value is -1.36. The zero-order chi connectivity index (χ0) is 9.84. The molecule has 1 heterocycles. The summed E-state index contributed by atoms with van der Waals surface area (Å²) in [5.41, 5.74) is 2.13. The van der Waals surface area contributed by atoms with E-state index in [1.165, 1.54) is 0 Å². The molecule has 1 aromatic heterocycles. The third kappa shape index (κ3) is 2.06. The van der Waals surface area contributed by atoms with Crippen molar-refractivity contribution >= 4 is 5.91 Å². The Kier molecular flexibility index (Phi) is 3.02. The van der Waals surface area contributed by atoms with Crippen LogP contribution in [0.5, 0.6) is 0 Å². The van der Waals surface area contributed by atoms with Crippen molar-refractivity contribution in [2.45, 2.75) is 19.9 Å². The van der Waals surface area contributed by atoms with Crippen molar-refractivity contribution in [2.75, 3.05) is 0 Å². The number of hydrogen-bond acceptors (Lipinski definition) is 3. The van der Waals surface area contributed by atoms with E-state index >= 15 is 0 Å². The Morgan fingerprint density at radius 3 is 2.69 bits per heavy atom. The smallest absolute Gasteiger partial charge is 0.258 e. The minimum Gasteiger partial charge on any atom is -0.292 e. The second kappa shape index (κ2) is 4.04. The molecule has 1 rings (SSSR count). The second-order valence-corrected chi connectivity index (χ2v) is 3.18. The lowest BCUT2D eigenvalue weighted by molar-refractivity contribution is -0.125. The summed E-state index contributed by atoms with van der Waals surface area (Å²) >= 11 is 0. The molecule has 0 saturated heterocycles. The molecule has 0 fully saturated rings. The first kappa shape index (κ1) is 9.73. The lowest BCUT2D eigenvalue weighted by atomic mass is 10.0. The fourth-order valence-corrected chi connectivity index (χ4v) is 1.26. The van der Waals surface area contributed by atoms with Crippen LogP contribution in [0.3, 0.4) is 0 Å². The lowest BCUT2D eigenvalue weighted by Crippen LogP contribution is -2.39. The van der Waals surface area contributed by atoms with Gasteiger partial charge in [-0.05, 0) is 12.0 Å². The maximum Gasteiger partial charge on any atom is 0.258 e. The Balaban J connectivity index is 2.87. The predicted molar refractivity (Wildman–Crippen MR) is 48.4 cm³/mol. The molecule has 0 aliphatic rings. The summed E-state index contributed by atoms with van der Waals surface area (Å²) < 4.78 is 1.60. The molecule has 13 heavy (non-hydrogen) atoms. The first-order valence-electron chi connectivity index (χ1n) is 4.16. The van der Waals surface area contributed by atoms with Gasteiger partial charge in [0.05, 0.1) is 0 Å². The minimum atomic E-state index is -0.333. The highest BCUT2D eigenvalue weighted by Crippen LogP contribution is 2.15. The number of carbonyl (C=O) groups is 1. The molecule has 1 aromatic rings. The van der Waals surface area contributed by atoms with Crippen LogP contribution in [0, 0.1) is 5.92 Å². The summed E-state index contributed by atoms with van der Waals surface area (Å²) in [5.74, 6) is 5.01. The number of hydrazine groups is 1. The molecule has 72 valence electrons. The Morgan fingerprint density at radius 1 is 1.62 bits per heavy atom. The Morgan fingerprint density at radius 2 is 2.31 bits per heavy atom. The van der Waals surface area contributed by atoms with Crippen molar-refractivity contribution in [3.63, 3.8) is 0 Å². The molecule has 0 radical (unpaired) electrons. The van der Waals surface area contributed by atoms with Gasteiger partial charge in [-0.25, -0.2) is 5.84 Å².